The number of esters is 1. The third-order valence-electron chi connectivity index (χ3n) is 4.36. The van der Waals surface area contributed by atoms with Crippen LogP contribution >= 0.6 is 0 Å². The number of phenolic OH excluding ortho intramolecular Hbond substituents is 1. The maximum Gasteiger partial charge on any atom is 0.338 e. The van der Waals surface area contributed by atoms with E-state index in [1.165, 1.54) is 4.68 Å². The van der Waals surface area contributed by atoms with Gasteiger partial charge in [-0.3, -0.25) is 0 Å². The molecule has 0 aliphatic carbocycles. The van der Waals surface area contributed by atoms with E-state index in [1.807, 2.05) is 30.3 Å². The van der Waals surface area contributed by atoms with Crippen molar-refractivity contribution in [1.82, 2.24) is 20.2 Å². The van der Waals surface area contributed by atoms with Crippen LogP contribution in [0.1, 0.15) is 24.1 Å². The highest BCUT2D eigenvalue weighted by atomic mass is 16.5. The molecule has 0 saturated carbocycles. The number of hydrogen-bond acceptors (Lipinski definition) is 7. The van der Waals surface area contributed by atoms with Gasteiger partial charge in [-0.2, -0.15) is 4.68 Å². The second kappa shape index (κ2) is 6.91. The first kappa shape index (κ1) is 16.8. The van der Waals surface area contributed by atoms with E-state index in [0.29, 0.717) is 17.2 Å². The number of rotatable bonds is 4. The number of ether oxygens (including phenoxy) is 1. The Morgan fingerprint density at radius 3 is 2.67 bits per heavy atom. The Bertz CT molecular complexity index is 996. The molecular formula is C19H17N5O3. The van der Waals surface area contributed by atoms with Crippen LogP contribution in [0.4, 0.5) is 5.95 Å². The number of anilines is 1. The van der Waals surface area contributed by atoms with E-state index in [1.54, 1.807) is 31.2 Å². The summed E-state index contributed by atoms with van der Waals surface area (Å²) >= 11 is 0. The van der Waals surface area contributed by atoms with E-state index in [9.17, 15) is 9.90 Å². The number of fused-ring (bicyclic) bond motifs is 1. The quantitative estimate of drug-likeness (QED) is 0.686. The van der Waals surface area contributed by atoms with Gasteiger partial charge in [0.1, 0.15) is 18.4 Å². The molecule has 1 atom stereocenters. The van der Waals surface area contributed by atoms with Crippen LogP contribution < -0.4 is 5.32 Å². The number of allylic oxidation sites excluding steroid dienone is 1. The van der Waals surface area contributed by atoms with Gasteiger partial charge in [0.2, 0.25) is 5.95 Å². The molecule has 2 N–H and O–H groups in total. The number of hydrogen-bond donors (Lipinski definition) is 2. The zero-order chi connectivity index (χ0) is 18.8. The molecule has 0 fully saturated rings. The Morgan fingerprint density at radius 2 is 1.93 bits per heavy atom. The Balaban J connectivity index is 1.67. The van der Waals surface area contributed by atoms with Crippen molar-refractivity contribution < 1.29 is 14.6 Å². The van der Waals surface area contributed by atoms with Gasteiger partial charge in [0.05, 0.1) is 5.57 Å². The van der Waals surface area contributed by atoms with E-state index >= 15 is 0 Å². The summed E-state index contributed by atoms with van der Waals surface area (Å²) in [5.41, 5.74) is 2.69. The van der Waals surface area contributed by atoms with Crippen LogP contribution in [0.5, 0.6) is 5.75 Å². The van der Waals surface area contributed by atoms with Gasteiger partial charge >= 0.3 is 5.97 Å². The second-order valence-electron chi connectivity index (χ2n) is 6.17. The van der Waals surface area contributed by atoms with Crippen LogP contribution in [0.15, 0.2) is 65.9 Å². The predicted molar refractivity (Wildman–Crippen MR) is 96.6 cm³/mol. The van der Waals surface area contributed by atoms with Gasteiger partial charge in [-0.25, -0.2) is 4.79 Å². The zero-order valence-electron chi connectivity index (χ0n) is 14.5. The molecule has 1 aliphatic heterocycles. The largest absolute Gasteiger partial charge is 0.508 e. The van der Waals surface area contributed by atoms with Crippen molar-refractivity contribution in [2.24, 2.45) is 0 Å². The molecule has 0 amide bonds. The van der Waals surface area contributed by atoms with E-state index in [4.69, 9.17) is 4.74 Å². The smallest absolute Gasteiger partial charge is 0.338 e. The van der Waals surface area contributed by atoms with E-state index < -0.39 is 12.0 Å². The van der Waals surface area contributed by atoms with Crippen LogP contribution in [0.25, 0.3) is 0 Å². The van der Waals surface area contributed by atoms with Crippen LogP contribution in [-0.4, -0.2) is 31.3 Å². The molecule has 8 heteroatoms. The molecular weight excluding hydrogens is 346 g/mol. The van der Waals surface area contributed by atoms with E-state index in [2.05, 4.69) is 20.8 Å². The fourth-order valence-corrected chi connectivity index (χ4v) is 3.04. The third kappa shape index (κ3) is 3.24. The van der Waals surface area contributed by atoms with Crippen LogP contribution in [0.2, 0.25) is 0 Å². The highest BCUT2D eigenvalue weighted by Crippen LogP contribution is 2.35. The number of phenols is 1. The van der Waals surface area contributed by atoms with Crippen molar-refractivity contribution in [2.75, 3.05) is 5.32 Å². The molecule has 0 spiro atoms. The van der Waals surface area contributed by atoms with Crippen molar-refractivity contribution >= 4 is 11.9 Å². The number of aromatic hydroxyl groups is 1. The first-order valence-corrected chi connectivity index (χ1v) is 8.39. The third-order valence-corrected chi connectivity index (χ3v) is 4.36. The van der Waals surface area contributed by atoms with E-state index in [-0.39, 0.29) is 12.4 Å². The summed E-state index contributed by atoms with van der Waals surface area (Å²) in [5, 5.41) is 24.3. The lowest BCUT2D eigenvalue weighted by atomic mass is 9.96. The summed E-state index contributed by atoms with van der Waals surface area (Å²) in [6.45, 7) is 1.95. The number of carbonyl (C=O) groups is 1. The number of tetrazole rings is 1. The molecule has 1 aromatic heterocycles. The summed E-state index contributed by atoms with van der Waals surface area (Å²) in [5.74, 6) is 0.117. The zero-order valence-corrected chi connectivity index (χ0v) is 14.5. The average molecular weight is 363 g/mol. The van der Waals surface area contributed by atoms with Crippen molar-refractivity contribution in [1.29, 1.82) is 0 Å². The molecule has 0 bridgehead atoms. The lowest BCUT2D eigenvalue weighted by Gasteiger charge is -2.27. The maximum atomic E-state index is 12.9. The van der Waals surface area contributed by atoms with Gasteiger partial charge in [-0.15, -0.1) is 0 Å². The van der Waals surface area contributed by atoms with Gasteiger partial charge in [0.15, 0.2) is 0 Å². The van der Waals surface area contributed by atoms with E-state index in [0.717, 1.165) is 11.1 Å². The second-order valence-corrected chi connectivity index (χ2v) is 6.17. The number of nitrogens with zero attached hydrogens (tertiary/aromatic N) is 4. The SMILES string of the molecule is CC1=C(C(=O)OCc2ccccc2)[C@@H](c2ccc(O)cc2)n2nnnc2N1. The molecule has 3 aromatic rings. The molecule has 0 unspecified atom stereocenters. The molecule has 27 heavy (non-hydrogen) atoms. The van der Waals surface area contributed by atoms with Crippen LogP contribution in [0.3, 0.4) is 0 Å². The molecule has 2 heterocycles. The molecule has 4 rings (SSSR count). The van der Waals surface area contributed by atoms with Crippen molar-refractivity contribution in [3.05, 3.63) is 77.0 Å². The van der Waals surface area contributed by atoms with Crippen molar-refractivity contribution in [2.45, 2.75) is 19.6 Å². The van der Waals surface area contributed by atoms with Gasteiger partial charge in [-0.1, -0.05) is 47.6 Å². The van der Waals surface area contributed by atoms with Gasteiger partial charge in [-0.05, 0) is 40.6 Å². The van der Waals surface area contributed by atoms with Crippen molar-refractivity contribution in [3.63, 3.8) is 0 Å². The number of aromatic nitrogens is 4. The Morgan fingerprint density at radius 1 is 1.19 bits per heavy atom. The Kier molecular flexibility index (Phi) is 4.29. The van der Waals surface area contributed by atoms with Crippen LogP contribution in [-0.2, 0) is 16.1 Å². The summed E-state index contributed by atoms with van der Waals surface area (Å²) in [4.78, 5) is 12.9. The van der Waals surface area contributed by atoms with Gasteiger partial charge < -0.3 is 15.2 Å². The lowest BCUT2D eigenvalue weighted by molar-refractivity contribution is -0.140. The summed E-state index contributed by atoms with van der Waals surface area (Å²) in [6.07, 6.45) is 0. The number of benzene rings is 2. The fourth-order valence-electron chi connectivity index (χ4n) is 3.04. The first-order valence-electron chi connectivity index (χ1n) is 8.39. The minimum atomic E-state index is -0.555. The minimum Gasteiger partial charge on any atom is -0.508 e. The molecule has 136 valence electrons. The first-order chi connectivity index (χ1) is 13.1. The predicted octanol–water partition coefficient (Wildman–Crippen LogP) is 2.41. The molecule has 0 radical (unpaired) electrons. The monoisotopic (exact) mass is 363 g/mol. The standard InChI is InChI=1S/C19H17N5O3/c1-12-16(18(26)27-11-13-5-3-2-4-6-13)17(14-7-9-15(25)10-8-14)24-19(20-12)21-22-23-24/h2-10,17,25H,11H2,1H3,(H,20,21,23)/t17-/m1/s1. The highest BCUT2D eigenvalue weighted by Gasteiger charge is 2.34. The Labute approximate surface area is 155 Å². The number of carbonyl (C=O) groups excluding carboxylic acids is 1. The Hall–Kier alpha value is -3.68. The van der Waals surface area contributed by atoms with Gasteiger partial charge in [0.25, 0.3) is 0 Å². The highest BCUT2D eigenvalue weighted by molar-refractivity contribution is 5.92. The summed E-state index contributed by atoms with van der Waals surface area (Å²) in [6, 6.07) is 15.5. The normalized spacial score (nSPS) is 15.8. The molecule has 1 aliphatic rings. The summed E-state index contributed by atoms with van der Waals surface area (Å²) in [7, 11) is 0. The van der Waals surface area contributed by atoms with Gasteiger partial charge in [0, 0.05) is 5.70 Å². The minimum absolute atomic E-state index is 0.138. The molecule has 2 aromatic carbocycles. The fraction of sp³-hybridized carbons (Fsp3) is 0.158. The number of nitrogens with one attached hydrogen (secondary N) is 1. The van der Waals surface area contributed by atoms with Crippen molar-refractivity contribution in [3.8, 4) is 5.75 Å². The average Bonchev–Trinajstić information content (AvgIpc) is 3.14. The topological polar surface area (TPSA) is 102 Å². The summed E-state index contributed by atoms with van der Waals surface area (Å²) < 4.78 is 7.06. The maximum absolute atomic E-state index is 12.9. The molecule has 8 nitrogen and oxygen atoms in total. The lowest BCUT2D eigenvalue weighted by Crippen LogP contribution is -2.29. The van der Waals surface area contributed by atoms with Crippen LogP contribution in [0, 0.1) is 0 Å². The molecule has 0 saturated heterocycles.